The number of thioether (sulfide) groups is 1. The highest BCUT2D eigenvalue weighted by atomic mass is 32.2. The standard InChI is InChI=1S/C36H44N8O4S2.H2/c1-8-27-21-43(50(46,47)30-11-10-16-37-33(30)48-27)20-25-17-24(13-12-22(25)3)31(28-14-15-29-32(23(28)4)41-42-44(29)9-2)36(5,6)34(45)40-26-18-38-35(49-7)39-19-26;/h10-19,27,31,41-42H,8-9,20-21H2,1-7H3,(H,40,45);1H/t27-,31+;/m1./s1. The number of hydrogen-bond acceptors (Lipinski definition) is 11. The predicted octanol–water partition coefficient (Wildman–Crippen LogP) is 6.29. The summed E-state index contributed by atoms with van der Waals surface area (Å²) in [6, 6.07) is 13.4. The molecule has 0 aliphatic carbocycles. The lowest BCUT2D eigenvalue weighted by Crippen LogP contribution is -2.38. The summed E-state index contributed by atoms with van der Waals surface area (Å²) in [7, 11) is -3.92. The summed E-state index contributed by atoms with van der Waals surface area (Å²) in [5, 5.41) is 5.70. The molecule has 1 amide bonds. The first kappa shape index (κ1) is 35.6. The summed E-state index contributed by atoms with van der Waals surface area (Å²) in [6.07, 6.45) is 6.93. The highest BCUT2D eigenvalue weighted by Crippen LogP contribution is 2.47. The molecule has 12 nitrogen and oxygen atoms in total. The van der Waals surface area contributed by atoms with Crippen LogP contribution in [0.1, 0.15) is 69.3 Å². The molecule has 2 aliphatic rings. The van der Waals surface area contributed by atoms with Crippen molar-refractivity contribution in [2.24, 2.45) is 5.41 Å². The molecule has 2 atom stereocenters. The molecule has 2 aromatic carbocycles. The number of pyridine rings is 1. The molecule has 0 unspecified atom stereocenters. The van der Waals surface area contributed by atoms with Crippen LogP contribution in [0.25, 0.3) is 0 Å². The Labute approximate surface area is 299 Å². The molecule has 0 saturated heterocycles. The van der Waals surface area contributed by atoms with E-state index in [9.17, 15) is 13.2 Å². The first-order chi connectivity index (χ1) is 23.9. The number of benzene rings is 2. The predicted molar refractivity (Wildman–Crippen MR) is 199 cm³/mol. The fourth-order valence-electron chi connectivity index (χ4n) is 6.65. The van der Waals surface area contributed by atoms with Gasteiger partial charge in [-0.3, -0.25) is 9.80 Å². The summed E-state index contributed by atoms with van der Waals surface area (Å²) < 4.78 is 35.6. The van der Waals surface area contributed by atoms with Crippen LogP contribution >= 0.6 is 11.8 Å². The Morgan fingerprint density at radius 3 is 2.60 bits per heavy atom. The number of nitrogens with one attached hydrogen (secondary N) is 3. The van der Waals surface area contributed by atoms with Gasteiger partial charge < -0.3 is 15.5 Å². The largest absolute Gasteiger partial charge is 0.472 e. The summed E-state index contributed by atoms with van der Waals surface area (Å²) >= 11 is 1.43. The lowest BCUT2D eigenvalue weighted by molar-refractivity contribution is -0.124. The smallest absolute Gasteiger partial charge is 0.248 e. The van der Waals surface area contributed by atoms with Crippen LogP contribution in [-0.4, -0.2) is 59.0 Å². The van der Waals surface area contributed by atoms with Gasteiger partial charge in [0.15, 0.2) is 5.16 Å². The van der Waals surface area contributed by atoms with E-state index >= 15 is 0 Å². The van der Waals surface area contributed by atoms with Gasteiger partial charge in [-0.25, -0.2) is 23.4 Å². The zero-order valence-electron chi connectivity index (χ0n) is 29.4. The molecule has 14 heteroatoms. The third kappa shape index (κ3) is 6.64. The van der Waals surface area contributed by atoms with E-state index in [0.717, 1.165) is 45.7 Å². The first-order valence-corrected chi connectivity index (χ1v) is 19.4. The maximum atomic E-state index is 14.3. The fraction of sp³-hybridized carbons (Fsp3) is 0.389. The van der Waals surface area contributed by atoms with Crippen LogP contribution in [0.5, 0.6) is 5.88 Å². The third-order valence-corrected chi connectivity index (χ3v) is 12.0. The molecule has 2 aromatic heterocycles. The number of fused-ring (bicyclic) bond motifs is 2. The van der Waals surface area contributed by atoms with E-state index in [1.165, 1.54) is 16.1 Å². The number of nitrogens with zero attached hydrogens (tertiary/aromatic N) is 5. The zero-order valence-corrected chi connectivity index (χ0v) is 31.1. The second kappa shape index (κ2) is 14.2. The Hall–Kier alpha value is -4.24. The van der Waals surface area contributed by atoms with Crippen LogP contribution in [0.15, 0.2) is 71.1 Å². The molecule has 4 aromatic rings. The van der Waals surface area contributed by atoms with Crippen molar-refractivity contribution in [3.63, 3.8) is 0 Å². The highest BCUT2D eigenvalue weighted by molar-refractivity contribution is 7.98. The molecule has 50 heavy (non-hydrogen) atoms. The van der Waals surface area contributed by atoms with Gasteiger partial charge in [0.25, 0.3) is 0 Å². The van der Waals surface area contributed by atoms with E-state index in [2.05, 4.69) is 63.3 Å². The average molecular weight is 719 g/mol. The van der Waals surface area contributed by atoms with E-state index in [-0.39, 0.29) is 37.3 Å². The third-order valence-electron chi connectivity index (χ3n) is 9.64. The van der Waals surface area contributed by atoms with E-state index in [0.29, 0.717) is 17.3 Å². The quantitative estimate of drug-likeness (QED) is 0.126. The number of aryl methyl sites for hydroxylation is 1. The van der Waals surface area contributed by atoms with Crippen molar-refractivity contribution in [3.05, 3.63) is 88.9 Å². The van der Waals surface area contributed by atoms with Gasteiger partial charge in [-0.2, -0.15) is 4.31 Å². The Morgan fingerprint density at radius 1 is 1.14 bits per heavy atom. The molecule has 4 heterocycles. The van der Waals surface area contributed by atoms with Crippen LogP contribution in [0.2, 0.25) is 0 Å². The number of anilines is 3. The fourth-order valence-corrected chi connectivity index (χ4v) is 8.49. The van der Waals surface area contributed by atoms with Crippen molar-refractivity contribution < 1.29 is 19.4 Å². The maximum absolute atomic E-state index is 14.3. The Morgan fingerprint density at radius 2 is 1.90 bits per heavy atom. The first-order valence-electron chi connectivity index (χ1n) is 16.7. The molecule has 0 saturated carbocycles. The van der Waals surface area contributed by atoms with Gasteiger partial charge in [0.1, 0.15) is 11.0 Å². The van der Waals surface area contributed by atoms with Crippen molar-refractivity contribution in [2.75, 3.05) is 35.1 Å². The summed E-state index contributed by atoms with van der Waals surface area (Å²) in [5.41, 5.74) is 12.7. The average Bonchev–Trinajstić information content (AvgIpc) is 3.50. The van der Waals surface area contributed by atoms with Crippen molar-refractivity contribution in [1.29, 1.82) is 0 Å². The van der Waals surface area contributed by atoms with Gasteiger partial charge in [0.2, 0.25) is 21.8 Å². The monoisotopic (exact) mass is 718 g/mol. The number of carbonyl (C=O) groups is 1. The number of carbonyl (C=O) groups excluding carboxylic acids is 1. The number of amides is 1. The topological polar surface area (TPSA) is 142 Å². The molecule has 0 radical (unpaired) electrons. The minimum Gasteiger partial charge on any atom is -0.472 e. The van der Waals surface area contributed by atoms with E-state index in [1.807, 2.05) is 51.1 Å². The van der Waals surface area contributed by atoms with Crippen LogP contribution in [0.3, 0.4) is 0 Å². The van der Waals surface area contributed by atoms with Crippen molar-refractivity contribution >= 4 is 44.8 Å². The normalized spacial score (nSPS) is 17.6. The number of hydrazine groups is 2. The van der Waals surface area contributed by atoms with Gasteiger partial charge in [-0.1, -0.05) is 56.8 Å². The van der Waals surface area contributed by atoms with E-state index < -0.39 is 21.4 Å². The molecule has 0 spiro atoms. The lowest BCUT2D eigenvalue weighted by atomic mass is 9.69. The summed E-state index contributed by atoms with van der Waals surface area (Å²) in [6.45, 7) is 13.0. The second-order valence-electron chi connectivity index (χ2n) is 13.2. The van der Waals surface area contributed by atoms with Crippen LogP contribution < -0.4 is 26.0 Å². The minimum atomic E-state index is -3.92. The molecule has 6 rings (SSSR count). The lowest BCUT2D eigenvalue weighted by Gasteiger charge is -2.36. The van der Waals surface area contributed by atoms with Crippen LogP contribution in [-0.2, 0) is 21.4 Å². The zero-order chi connectivity index (χ0) is 35.8. The molecule has 3 N–H and O–H groups in total. The maximum Gasteiger partial charge on any atom is 0.248 e. The molecule has 2 aliphatic heterocycles. The molecule has 0 fully saturated rings. The SMILES string of the molecule is CC[C@@H]1CN(Cc2cc([C@@H](c3ccc4c(c3C)NNN4CC)C(C)(C)C(=O)Nc3cnc(SC)nc3)ccc2C)S(=O)(=O)c2cccnc2O1.[HH]. The second-order valence-corrected chi connectivity index (χ2v) is 15.8. The number of hydrogen-bond donors (Lipinski definition) is 3. The van der Waals surface area contributed by atoms with Crippen molar-refractivity contribution in [3.8, 4) is 5.88 Å². The Balaban J connectivity index is 0.00000504. The van der Waals surface area contributed by atoms with Gasteiger partial charge >= 0.3 is 0 Å². The number of aromatic nitrogens is 3. The Bertz CT molecular complexity index is 2010. The number of rotatable bonds is 10. The Kier molecular flexibility index (Phi) is 10.1. The van der Waals surface area contributed by atoms with E-state index in [4.69, 9.17) is 4.74 Å². The van der Waals surface area contributed by atoms with Gasteiger partial charge in [-0.05, 0) is 79.5 Å². The van der Waals surface area contributed by atoms with E-state index in [1.54, 1.807) is 30.7 Å². The van der Waals surface area contributed by atoms with Crippen molar-refractivity contribution in [2.45, 2.75) is 76.6 Å². The van der Waals surface area contributed by atoms with Gasteiger partial charge in [0, 0.05) is 26.6 Å². The molecule has 0 bridgehead atoms. The number of sulfonamides is 1. The van der Waals surface area contributed by atoms with Gasteiger partial charge in [-0.15, -0.1) is 5.53 Å². The van der Waals surface area contributed by atoms with Gasteiger partial charge in [0.05, 0.1) is 41.4 Å². The van der Waals surface area contributed by atoms with Crippen LogP contribution in [0.4, 0.5) is 17.1 Å². The molecule has 266 valence electrons. The molecular weight excluding hydrogens is 673 g/mol. The molecular formula is C36H46N8O4S2. The van der Waals surface area contributed by atoms with Crippen LogP contribution in [0, 0.1) is 19.3 Å². The summed E-state index contributed by atoms with van der Waals surface area (Å²) in [5.74, 6) is -0.493. The van der Waals surface area contributed by atoms with Crippen molar-refractivity contribution in [1.82, 2.24) is 24.8 Å². The number of ether oxygens (including phenoxy) is 1. The summed E-state index contributed by atoms with van der Waals surface area (Å²) in [4.78, 5) is 27.3. The minimum absolute atomic E-state index is 0. The highest BCUT2D eigenvalue weighted by Gasteiger charge is 2.41.